The first-order valence-electron chi connectivity index (χ1n) is 8.51. The van der Waals surface area contributed by atoms with Gasteiger partial charge in [0.15, 0.2) is 11.6 Å². The van der Waals surface area contributed by atoms with E-state index in [2.05, 4.69) is 17.1 Å². The van der Waals surface area contributed by atoms with Crippen LogP contribution >= 0.6 is 0 Å². The third kappa shape index (κ3) is 4.93. The molecular weight excluding hydrogens is 295 g/mol. The van der Waals surface area contributed by atoms with Crippen LogP contribution < -0.4 is 10.1 Å². The van der Waals surface area contributed by atoms with Crippen molar-refractivity contribution in [2.75, 3.05) is 26.7 Å². The second kappa shape index (κ2) is 8.87. The van der Waals surface area contributed by atoms with Gasteiger partial charge in [-0.25, -0.2) is 4.39 Å². The number of piperidine rings is 1. The van der Waals surface area contributed by atoms with Gasteiger partial charge < -0.3 is 15.0 Å². The molecule has 1 N–H and O–H groups in total. The molecule has 1 aromatic rings. The monoisotopic (exact) mass is 322 g/mol. The van der Waals surface area contributed by atoms with Gasteiger partial charge >= 0.3 is 0 Å². The number of methoxy groups -OCH3 is 1. The van der Waals surface area contributed by atoms with Crippen LogP contribution in [0.15, 0.2) is 18.2 Å². The zero-order valence-corrected chi connectivity index (χ0v) is 14.1. The lowest BCUT2D eigenvalue weighted by Crippen LogP contribution is -2.40. The zero-order valence-electron chi connectivity index (χ0n) is 14.1. The van der Waals surface area contributed by atoms with Crippen molar-refractivity contribution in [3.05, 3.63) is 29.6 Å². The molecule has 1 aromatic carbocycles. The van der Waals surface area contributed by atoms with E-state index in [4.69, 9.17) is 4.74 Å². The minimum absolute atomic E-state index is 0.150. The van der Waals surface area contributed by atoms with Crippen molar-refractivity contribution in [1.82, 2.24) is 10.2 Å². The fourth-order valence-corrected chi connectivity index (χ4v) is 3.21. The average molecular weight is 322 g/mol. The molecule has 23 heavy (non-hydrogen) atoms. The quantitative estimate of drug-likeness (QED) is 0.784. The van der Waals surface area contributed by atoms with Crippen LogP contribution in [0.3, 0.4) is 0 Å². The lowest BCUT2D eigenvalue weighted by molar-refractivity contribution is 0.0947. The maximum Gasteiger partial charge on any atom is 0.251 e. The van der Waals surface area contributed by atoms with Gasteiger partial charge in [-0.2, -0.15) is 0 Å². The topological polar surface area (TPSA) is 41.6 Å². The molecule has 0 saturated carbocycles. The van der Waals surface area contributed by atoms with Crippen LogP contribution in [0.4, 0.5) is 4.39 Å². The second-order valence-corrected chi connectivity index (χ2v) is 6.05. The summed E-state index contributed by atoms with van der Waals surface area (Å²) < 4.78 is 18.5. The van der Waals surface area contributed by atoms with Gasteiger partial charge in [0.1, 0.15) is 0 Å². The van der Waals surface area contributed by atoms with Crippen molar-refractivity contribution in [1.29, 1.82) is 0 Å². The SMILES string of the molecule is CC[C@H]1CCCCN1CCCNC(=O)c1ccc(OC)c(F)c1. The molecule has 0 aliphatic carbocycles. The predicted octanol–water partition coefficient (Wildman–Crippen LogP) is 3.22. The minimum atomic E-state index is -0.515. The average Bonchev–Trinajstić information content (AvgIpc) is 2.58. The van der Waals surface area contributed by atoms with Crippen LogP contribution in [0.5, 0.6) is 5.75 Å². The minimum Gasteiger partial charge on any atom is -0.494 e. The van der Waals surface area contributed by atoms with Gasteiger partial charge in [0.25, 0.3) is 5.91 Å². The van der Waals surface area contributed by atoms with Crippen molar-refractivity contribution in [2.24, 2.45) is 0 Å². The van der Waals surface area contributed by atoms with Crippen LogP contribution in [0.25, 0.3) is 0 Å². The van der Waals surface area contributed by atoms with Gasteiger partial charge in [0, 0.05) is 24.7 Å². The molecule has 1 fully saturated rings. The number of carbonyl (C=O) groups excluding carboxylic acids is 1. The molecule has 0 aromatic heterocycles. The lowest BCUT2D eigenvalue weighted by atomic mass is 10.00. The van der Waals surface area contributed by atoms with Gasteiger partial charge in [0.05, 0.1) is 7.11 Å². The molecule has 0 spiro atoms. The predicted molar refractivity (Wildman–Crippen MR) is 89.4 cm³/mol. The molecular formula is C18H27FN2O2. The Morgan fingerprint density at radius 2 is 2.26 bits per heavy atom. The molecule has 1 aliphatic rings. The number of ether oxygens (including phenoxy) is 1. The highest BCUT2D eigenvalue weighted by molar-refractivity contribution is 5.94. The molecule has 1 aliphatic heterocycles. The van der Waals surface area contributed by atoms with Crippen LogP contribution in [-0.4, -0.2) is 43.6 Å². The summed E-state index contributed by atoms with van der Waals surface area (Å²) in [6, 6.07) is 4.96. The highest BCUT2D eigenvalue weighted by Crippen LogP contribution is 2.19. The third-order valence-corrected chi connectivity index (χ3v) is 4.54. The number of benzene rings is 1. The molecule has 5 heteroatoms. The number of hydrogen-bond acceptors (Lipinski definition) is 3. The highest BCUT2D eigenvalue weighted by atomic mass is 19.1. The van der Waals surface area contributed by atoms with Crippen LogP contribution in [0, 0.1) is 5.82 Å². The van der Waals surface area contributed by atoms with E-state index in [-0.39, 0.29) is 11.7 Å². The van der Waals surface area contributed by atoms with Gasteiger partial charge in [-0.15, -0.1) is 0 Å². The van der Waals surface area contributed by atoms with E-state index in [1.807, 2.05) is 0 Å². The molecule has 0 bridgehead atoms. The fourth-order valence-electron chi connectivity index (χ4n) is 3.21. The Morgan fingerprint density at radius 1 is 1.43 bits per heavy atom. The second-order valence-electron chi connectivity index (χ2n) is 6.05. The Labute approximate surface area is 138 Å². The van der Waals surface area contributed by atoms with Crippen molar-refractivity contribution >= 4 is 5.91 Å². The fraction of sp³-hybridized carbons (Fsp3) is 0.611. The first-order chi connectivity index (χ1) is 11.2. The van der Waals surface area contributed by atoms with E-state index >= 15 is 0 Å². The highest BCUT2D eigenvalue weighted by Gasteiger charge is 2.19. The number of carbonyl (C=O) groups is 1. The molecule has 1 saturated heterocycles. The normalized spacial score (nSPS) is 18.7. The largest absolute Gasteiger partial charge is 0.494 e. The first-order valence-corrected chi connectivity index (χ1v) is 8.51. The third-order valence-electron chi connectivity index (χ3n) is 4.54. The molecule has 1 atom stereocenters. The van der Waals surface area contributed by atoms with E-state index in [0.717, 1.165) is 19.5 Å². The summed E-state index contributed by atoms with van der Waals surface area (Å²) in [5, 5.41) is 2.86. The summed E-state index contributed by atoms with van der Waals surface area (Å²) >= 11 is 0. The van der Waals surface area contributed by atoms with Crippen LogP contribution in [0.1, 0.15) is 49.4 Å². The molecule has 128 valence electrons. The number of nitrogens with zero attached hydrogens (tertiary/aromatic N) is 1. The molecule has 1 heterocycles. The summed E-state index contributed by atoms with van der Waals surface area (Å²) in [4.78, 5) is 14.6. The van der Waals surface area contributed by atoms with E-state index in [9.17, 15) is 9.18 Å². The van der Waals surface area contributed by atoms with Gasteiger partial charge in [0.2, 0.25) is 0 Å². The summed E-state index contributed by atoms with van der Waals surface area (Å²) in [5.74, 6) is -0.603. The van der Waals surface area contributed by atoms with E-state index in [0.29, 0.717) is 18.2 Å². The van der Waals surface area contributed by atoms with Crippen molar-refractivity contribution in [3.8, 4) is 5.75 Å². The Kier molecular flexibility index (Phi) is 6.84. The summed E-state index contributed by atoms with van der Waals surface area (Å²) in [6.07, 6.45) is 6.00. The number of rotatable bonds is 7. The Morgan fingerprint density at radius 3 is 2.96 bits per heavy atom. The number of amides is 1. The Hall–Kier alpha value is -1.62. The van der Waals surface area contributed by atoms with Crippen molar-refractivity contribution in [3.63, 3.8) is 0 Å². The number of nitrogens with one attached hydrogen (secondary N) is 1. The van der Waals surface area contributed by atoms with Crippen molar-refractivity contribution in [2.45, 2.75) is 45.1 Å². The summed E-state index contributed by atoms with van der Waals surface area (Å²) in [5.41, 5.74) is 0.327. The number of halogens is 1. The van der Waals surface area contributed by atoms with Crippen LogP contribution in [-0.2, 0) is 0 Å². The lowest BCUT2D eigenvalue weighted by Gasteiger charge is -2.35. The standard InChI is InChI=1S/C18H27FN2O2/c1-3-15-7-4-5-11-21(15)12-6-10-20-18(22)14-8-9-17(23-2)16(19)13-14/h8-9,13,15H,3-7,10-12H2,1-2H3,(H,20,22)/t15-/m0/s1. The van der Waals surface area contributed by atoms with E-state index in [1.54, 1.807) is 6.07 Å². The Balaban J connectivity index is 1.75. The maximum absolute atomic E-state index is 13.6. The zero-order chi connectivity index (χ0) is 16.7. The molecule has 0 radical (unpaired) electrons. The maximum atomic E-state index is 13.6. The molecule has 1 amide bonds. The molecule has 2 rings (SSSR count). The van der Waals surface area contributed by atoms with Crippen LogP contribution in [0.2, 0.25) is 0 Å². The molecule has 4 nitrogen and oxygen atoms in total. The summed E-state index contributed by atoms with van der Waals surface area (Å²) in [7, 11) is 1.41. The van der Waals surface area contributed by atoms with E-state index in [1.165, 1.54) is 44.9 Å². The number of likely N-dealkylation sites (tertiary alicyclic amines) is 1. The Bertz CT molecular complexity index is 522. The van der Waals surface area contributed by atoms with E-state index < -0.39 is 5.82 Å². The van der Waals surface area contributed by atoms with Crippen molar-refractivity contribution < 1.29 is 13.9 Å². The number of hydrogen-bond donors (Lipinski definition) is 1. The first kappa shape index (κ1) is 17.7. The van der Waals surface area contributed by atoms with Gasteiger partial charge in [-0.05, 0) is 50.4 Å². The van der Waals surface area contributed by atoms with Gasteiger partial charge in [-0.1, -0.05) is 13.3 Å². The summed E-state index contributed by atoms with van der Waals surface area (Å²) in [6.45, 7) is 5.02. The smallest absolute Gasteiger partial charge is 0.251 e. The molecule has 0 unspecified atom stereocenters. The van der Waals surface area contributed by atoms with Gasteiger partial charge in [-0.3, -0.25) is 4.79 Å².